The Kier molecular flexibility index (Phi) is 5.00. The van der Waals surface area contributed by atoms with E-state index in [0.29, 0.717) is 11.5 Å². The Bertz CT molecular complexity index is 604. The van der Waals surface area contributed by atoms with E-state index in [9.17, 15) is 4.79 Å². The molecule has 22 heavy (non-hydrogen) atoms. The first-order valence-corrected chi connectivity index (χ1v) is 8.80. The number of H-pyrrole nitrogens is 1. The average Bonchev–Trinajstić information content (AvgIpc) is 3.16. The number of benzene rings is 1. The van der Waals surface area contributed by atoms with E-state index in [1.54, 1.807) is 11.8 Å². The quantitative estimate of drug-likeness (QED) is 0.858. The number of imidazole rings is 1. The molecule has 118 valence electrons. The van der Waals surface area contributed by atoms with Crippen LogP contribution in [0.25, 0.3) is 11.0 Å². The highest BCUT2D eigenvalue weighted by Crippen LogP contribution is 2.17. The van der Waals surface area contributed by atoms with Gasteiger partial charge in [0.15, 0.2) is 0 Å². The van der Waals surface area contributed by atoms with Crippen molar-refractivity contribution in [3.05, 3.63) is 30.1 Å². The summed E-state index contributed by atoms with van der Waals surface area (Å²) >= 11 is 1.57. The summed E-state index contributed by atoms with van der Waals surface area (Å²) < 4.78 is 5.59. The first-order chi connectivity index (χ1) is 10.7. The molecule has 2 aromatic rings. The van der Waals surface area contributed by atoms with Gasteiger partial charge in [-0.3, -0.25) is 4.79 Å². The molecule has 1 aromatic heterocycles. The number of fused-ring (bicyclic) bond motifs is 1. The first-order valence-electron chi connectivity index (χ1n) is 7.65. The Balaban J connectivity index is 1.43. The number of rotatable bonds is 6. The Labute approximate surface area is 134 Å². The zero-order valence-electron chi connectivity index (χ0n) is 12.7. The van der Waals surface area contributed by atoms with Gasteiger partial charge in [-0.25, -0.2) is 4.98 Å². The van der Waals surface area contributed by atoms with E-state index < -0.39 is 0 Å². The number of hydrogen-bond donors (Lipinski definition) is 2. The van der Waals surface area contributed by atoms with Crippen LogP contribution in [0, 0.1) is 0 Å². The van der Waals surface area contributed by atoms with Crippen molar-refractivity contribution in [2.24, 2.45) is 0 Å². The third-order valence-electron chi connectivity index (χ3n) is 3.82. The molecular formula is C16H21N3O2S. The standard InChI is InChI=1S/C16H21N3O2S/c1-11(14-7-4-8-21-14)17-16(20)10-22-9-15-18-12-5-2-3-6-13(12)19-15/h2-3,5-6,11,14H,4,7-10H2,1H3,(H,17,20)(H,18,19)/t11-,14+/m1/s1. The molecule has 5 nitrogen and oxygen atoms in total. The van der Waals surface area contributed by atoms with Crippen molar-refractivity contribution in [2.45, 2.75) is 37.7 Å². The van der Waals surface area contributed by atoms with Crippen LogP contribution in [0.1, 0.15) is 25.6 Å². The van der Waals surface area contributed by atoms with E-state index in [1.807, 2.05) is 31.2 Å². The lowest BCUT2D eigenvalue weighted by Gasteiger charge is -2.19. The van der Waals surface area contributed by atoms with E-state index in [0.717, 1.165) is 36.3 Å². The van der Waals surface area contributed by atoms with Gasteiger partial charge in [-0.2, -0.15) is 0 Å². The summed E-state index contributed by atoms with van der Waals surface area (Å²) in [5.74, 6) is 2.11. The van der Waals surface area contributed by atoms with Gasteiger partial charge in [-0.05, 0) is 31.9 Å². The third kappa shape index (κ3) is 3.81. The van der Waals surface area contributed by atoms with E-state index in [-0.39, 0.29) is 18.1 Å². The molecule has 1 aliphatic rings. The summed E-state index contributed by atoms with van der Waals surface area (Å²) in [5, 5.41) is 3.02. The first kappa shape index (κ1) is 15.4. The second-order valence-electron chi connectivity index (χ2n) is 5.60. The summed E-state index contributed by atoms with van der Waals surface area (Å²) in [6.45, 7) is 2.82. The minimum absolute atomic E-state index is 0.0594. The van der Waals surface area contributed by atoms with E-state index in [2.05, 4.69) is 15.3 Å². The molecular weight excluding hydrogens is 298 g/mol. The molecule has 1 fully saturated rings. The maximum absolute atomic E-state index is 12.0. The summed E-state index contributed by atoms with van der Waals surface area (Å²) in [5.41, 5.74) is 2.00. The summed E-state index contributed by atoms with van der Waals surface area (Å²) in [6, 6.07) is 8.03. The highest BCUT2D eigenvalue weighted by molar-refractivity contribution is 7.99. The van der Waals surface area contributed by atoms with Crippen molar-refractivity contribution >= 4 is 28.7 Å². The number of nitrogens with zero attached hydrogens (tertiary/aromatic N) is 1. The lowest BCUT2D eigenvalue weighted by Crippen LogP contribution is -2.41. The number of aromatic nitrogens is 2. The second kappa shape index (κ2) is 7.15. The van der Waals surface area contributed by atoms with Gasteiger partial charge in [0.25, 0.3) is 0 Å². The summed E-state index contributed by atoms with van der Waals surface area (Å²) in [7, 11) is 0. The number of amides is 1. The van der Waals surface area contributed by atoms with E-state index >= 15 is 0 Å². The molecule has 0 radical (unpaired) electrons. The fraction of sp³-hybridized carbons (Fsp3) is 0.500. The van der Waals surface area contributed by atoms with Crippen LogP contribution in [0.2, 0.25) is 0 Å². The van der Waals surface area contributed by atoms with Gasteiger partial charge in [0.05, 0.1) is 34.7 Å². The van der Waals surface area contributed by atoms with Gasteiger partial charge in [-0.15, -0.1) is 11.8 Å². The van der Waals surface area contributed by atoms with Crippen molar-refractivity contribution in [1.82, 2.24) is 15.3 Å². The molecule has 2 heterocycles. The van der Waals surface area contributed by atoms with Crippen molar-refractivity contribution in [3.8, 4) is 0 Å². The number of carbonyl (C=O) groups excluding carboxylic acids is 1. The lowest BCUT2D eigenvalue weighted by molar-refractivity contribution is -0.120. The molecule has 0 saturated carbocycles. The van der Waals surface area contributed by atoms with Crippen LogP contribution in [-0.2, 0) is 15.3 Å². The Morgan fingerprint density at radius 3 is 3.18 bits per heavy atom. The summed E-state index contributed by atoms with van der Waals surface area (Å²) in [6.07, 6.45) is 2.29. The number of hydrogen-bond acceptors (Lipinski definition) is 4. The smallest absolute Gasteiger partial charge is 0.230 e. The van der Waals surface area contributed by atoms with Crippen LogP contribution < -0.4 is 5.32 Å². The molecule has 3 rings (SSSR count). The van der Waals surface area contributed by atoms with Crippen molar-refractivity contribution in [3.63, 3.8) is 0 Å². The Hall–Kier alpha value is -1.53. The fourth-order valence-corrected chi connectivity index (χ4v) is 3.40. The number of aromatic amines is 1. The monoisotopic (exact) mass is 319 g/mol. The average molecular weight is 319 g/mol. The molecule has 1 saturated heterocycles. The highest BCUT2D eigenvalue weighted by atomic mass is 32.2. The second-order valence-corrected chi connectivity index (χ2v) is 6.59. The molecule has 1 aliphatic heterocycles. The Morgan fingerprint density at radius 2 is 2.41 bits per heavy atom. The Morgan fingerprint density at radius 1 is 1.55 bits per heavy atom. The number of para-hydroxylation sites is 2. The van der Waals surface area contributed by atoms with Crippen LogP contribution in [-0.4, -0.2) is 40.4 Å². The molecule has 2 N–H and O–H groups in total. The molecule has 0 unspecified atom stereocenters. The molecule has 0 aliphatic carbocycles. The zero-order valence-corrected chi connectivity index (χ0v) is 13.5. The SMILES string of the molecule is C[C@@H](NC(=O)CSCc1nc2ccccc2[nH]1)[C@@H]1CCCO1. The summed E-state index contributed by atoms with van der Waals surface area (Å²) in [4.78, 5) is 19.7. The van der Waals surface area contributed by atoms with Gasteiger partial charge in [0, 0.05) is 6.61 Å². The van der Waals surface area contributed by atoms with Crippen LogP contribution in [0.5, 0.6) is 0 Å². The normalized spacial score (nSPS) is 19.4. The van der Waals surface area contributed by atoms with Crippen LogP contribution >= 0.6 is 11.8 Å². The van der Waals surface area contributed by atoms with Crippen molar-refractivity contribution in [1.29, 1.82) is 0 Å². The van der Waals surface area contributed by atoms with Crippen molar-refractivity contribution in [2.75, 3.05) is 12.4 Å². The fourth-order valence-electron chi connectivity index (χ4n) is 2.70. The van der Waals surface area contributed by atoms with Gasteiger partial charge < -0.3 is 15.0 Å². The van der Waals surface area contributed by atoms with Crippen molar-refractivity contribution < 1.29 is 9.53 Å². The third-order valence-corrected chi connectivity index (χ3v) is 4.77. The lowest BCUT2D eigenvalue weighted by atomic mass is 10.1. The predicted molar refractivity (Wildman–Crippen MR) is 88.8 cm³/mol. The number of nitrogens with one attached hydrogen (secondary N) is 2. The van der Waals surface area contributed by atoms with Gasteiger partial charge in [0.1, 0.15) is 5.82 Å². The number of thioether (sulfide) groups is 1. The maximum atomic E-state index is 12.0. The molecule has 1 amide bonds. The topological polar surface area (TPSA) is 67.0 Å². The van der Waals surface area contributed by atoms with Gasteiger partial charge in [-0.1, -0.05) is 12.1 Å². The van der Waals surface area contributed by atoms with E-state index in [4.69, 9.17) is 4.74 Å². The maximum Gasteiger partial charge on any atom is 0.230 e. The minimum atomic E-state index is 0.0594. The largest absolute Gasteiger partial charge is 0.376 e. The van der Waals surface area contributed by atoms with Gasteiger partial charge in [0.2, 0.25) is 5.91 Å². The molecule has 2 atom stereocenters. The molecule has 0 bridgehead atoms. The van der Waals surface area contributed by atoms with Gasteiger partial charge >= 0.3 is 0 Å². The zero-order chi connectivity index (χ0) is 15.4. The highest BCUT2D eigenvalue weighted by Gasteiger charge is 2.23. The predicted octanol–water partition coefficient (Wildman–Crippen LogP) is 2.48. The van der Waals surface area contributed by atoms with E-state index in [1.165, 1.54) is 0 Å². The minimum Gasteiger partial charge on any atom is -0.376 e. The molecule has 1 aromatic carbocycles. The van der Waals surface area contributed by atoms with Crippen LogP contribution in [0.4, 0.5) is 0 Å². The molecule has 6 heteroatoms. The number of ether oxygens (including phenoxy) is 1. The number of carbonyl (C=O) groups is 1. The molecule has 0 spiro atoms. The van der Waals surface area contributed by atoms with Crippen LogP contribution in [0.15, 0.2) is 24.3 Å². The van der Waals surface area contributed by atoms with Crippen LogP contribution in [0.3, 0.4) is 0 Å².